The van der Waals surface area contributed by atoms with E-state index in [4.69, 9.17) is 11.6 Å². The average Bonchev–Trinajstić information content (AvgIpc) is 2.34. The van der Waals surface area contributed by atoms with Crippen molar-refractivity contribution in [2.75, 3.05) is 0 Å². The van der Waals surface area contributed by atoms with Crippen LogP contribution in [-0.4, -0.2) is 14.8 Å². The lowest BCUT2D eigenvalue weighted by molar-refractivity contribution is 0.651. The highest BCUT2D eigenvalue weighted by Gasteiger charge is 1.94. The van der Waals surface area contributed by atoms with Crippen LogP contribution in [0.15, 0.2) is 6.33 Å². The summed E-state index contributed by atoms with van der Waals surface area (Å²) < 4.78 is 1.75. The standard InChI is InChI=1S/C5H8ClN3/c1-2-9-4-7-5(3-6)8-9/h4H,2-3H2,1H3. The number of aromatic nitrogens is 3. The van der Waals surface area contributed by atoms with E-state index in [-0.39, 0.29) is 0 Å². The minimum atomic E-state index is 0.396. The van der Waals surface area contributed by atoms with Crippen LogP contribution in [0.25, 0.3) is 0 Å². The molecule has 1 aromatic heterocycles. The van der Waals surface area contributed by atoms with Crippen molar-refractivity contribution in [3.05, 3.63) is 12.2 Å². The van der Waals surface area contributed by atoms with Crippen molar-refractivity contribution in [1.29, 1.82) is 0 Å². The van der Waals surface area contributed by atoms with E-state index in [1.807, 2.05) is 6.92 Å². The normalized spacial score (nSPS) is 10.0. The van der Waals surface area contributed by atoms with Gasteiger partial charge in [-0.25, -0.2) is 4.98 Å². The largest absolute Gasteiger partial charge is 0.253 e. The van der Waals surface area contributed by atoms with Gasteiger partial charge in [-0.2, -0.15) is 5.10 Å². The van der Waals surface area contributed by atoms with Gasteiger partial charge in [-0.05, 0) is 6.92 Å². The fraction of sp³-hybridized carbons (Fsp3) is 0.600. The van der Waals surface area contributed by atoms with Crippen molar-refractivity contribution in [3.8, 4) is 0 Å². The van der Waals surface area contributed by atoms with Gasteiger partial charge in [-0.15, -0.1) is 11.6 Å². The van der Waals surface area contributed by atoms with Gasteiger partial charge in [0.05, 0.1) is 5.88 Å². The molecule has 0 radical (unpaired) electrons. The molecule has 0 saturated heterocycles. The molecular weight excluding hydrogens is 138 g/mol. The molecule has 0 N–H and O–H groups in total. The zero-order valence-corrected chi connectivity index (χ0v) is 5.97. The minimum absolute atomic E-state index is 0.396. The summed E-state index contributed by atoms with van der Waals surface area (Å²) in [7, 11) is 0. The van der Waals surface area contributed by atoms with E-state index in [9.17, 15) is 0 Å². The van der Waals surface area contributed by atoms with E-state index in [1.54, 1.807) is 11.0 Å². The van der Waals surface area contributed by atoms with Crippen molar-refractivity contribution in [2.45, 2.75) is 19.3 Å². The van der Waals surface area contributed by atoms with Crippen LogP contribution < -0.4 is 0 Å². The Kier molecular flexibility index (Phi) is 2.05. The summed E-state index contributed by atoms with van der Waals surface area (Å²) in [6, 6.07) is 0. The van der Waals surface area contributed by atoms with Crippen molar-refractivity contribution >= 4 is 11.6 Å². The average molecular weight is 146 g/mol. The van der Waals surface area contributed by atoms with Crippen molar-refractivity contribution in [1.82, 2.24) is 14.8 Å². The van der Waals surface area contributed by atoms with E-state index in [1.165, 1.54) is 0 Å². The number of nitrogens with zero attached hydrogens (tertiary/aromatic N) is 3. The summed E-state index contributed by atoms with van der Waals surface area (Å²) in [6.07, 6.45) is 1.68. The van der Waals surface area contributed by atoms with E-state index >= 15 is 0 Å². The molecule has 0 aliphatic heterocycles. The molecule has 0 atom stereocenters. The van der Waals surface area contributed by atoms with Crippen LogP contribution in [-0.2, 0) is 12.4 Å². The summed E-state index contributed by atoms with van der Waals surface area (Å²) in [5, 5.41) is 4.02. The highest BCUT2D eigenvalue weighted by atomic mass is 35.5. The second kappa shape index (κ2) is 2.82. The Balaban J connectivity index is 2.74. The molecule has 0 aliphatic rings. The van der Waals surface area contributed by atoms with E-state index in [0.29, 0.717) is 11.7 Å². The lowest BCUT2D eigenvalue weighted by Gasteiger charge is -1.87. The molecule has 1 aromatic rings. The maximum Gasteiger partial charge on any atom is 0.165 e. The maximum atomic E-state index is 5.46. The molecule has 1 rings (SSSR count). The molecule has 0 aromatic carbocycles. The molecule has 0 fully saturated rings. The lowest BCUT2D eigenvalue weighted by atomic mass is 10.7. The SMILES string of the molecule is CCn1cnc(CCl)n1. The molecular formula is C5H8ClN3. The van der Waals surface area contributed by atoms with Crippen molar-refractivity contribution in [2.24, 2.45) is 0 Å². The number of hydrogen-bond donors (Lipinski definition) is 0. The Morgan fingerprint density at radius 3 is 2.89 bits per heavy atom. The van der Waals surface area contributed by atoms with Gasteiger partial charge in [0.2, 0.25) is 0 Å². The highest BCUT2D eigenvalue weighted by Crippen LogP contribution is 1.93. The maximum absolute atomic E-state index is 5.46. The summed E-state index contributed by atoms with van der Waals surface area (Å²) in [6.45, 7) is 2.86. The smallest absolute Gasteiger partial charge is 0.165 e. The van der Waals surface area contributed by atoms with Crippen molar-refractivity contribution in [3.63, 3.8) is 0 Å². The van der Waals surface area contributed by atoms with Gasteiger partial charge in [0.1, 0.15) is 6.33 Å². The third-order valence-corrected chi connectivity index (χ3v) is 1.27. The van der Waals surface area contributed by atoms with Crippen LogP contribution >= 0.6 is 11.6 Å². The fourth-order valence-electron chi connectivity index (χ4n) is 0.547. The Morgan fingerprint density at radius 1 is 1.78 bits per heavy atom. The second-order valence-electron chi connectivity index (χ2n) is 1.65. The van der Waals surface area contributed by atoms with Crippen LogP contribution in [0.4, 0.5) is 0 Å². The Bertz CT molecular complexity index is 166. The molecule has 9 heavy (non-hydrogen) atoms. The first-order valence-corrected chi connectivity index (χ1v) is 3.34. The van der Waals surface area contributed by atoms with Crippen molar-refractivity contribution < 1.29 is 0 Å². The topological polar surface area (TPSA) is 30.7 Å². The fourth-order valence-corrected chi connectivity index (χ4v) is 0.669. The Labute approximate surface area is 58.7 Å². The van der Waals surface area contributed by atoms with E-state index in [0.717, 1.165) is 6.54 Å². The molecule has 50 valence electrons. The number of halogens is 1. The van der Waals surface area contributed by atoms with Gasteiger partial charge in [0.25, 0.3) is 0 Å². The number of rotatable bonds is 2. The summed E-state index contributed by atoms with van der Waals surface area (Å²) in [4.78, 5) is 3.93. The monoisotopic (exact) mass is 145 g/mol. The molecule has 0 spiro atoms. The van der Waals surface area contributed by atoms with Crippen LogP contribution in [0.3, 0.4) is 0 Å². The lowest BCUT2D eigenvalue weighted by Crippen LogP contribution is -1.94. The first kappa shape index (κ1) is 6.55. The van der Waals surface area contributed by atoms with Crippen LogP contribution in [0.1, 0.15) is 12.7 Å². The molecule has 0 bridgehead atoms. The predicted molar refractivity (Wildman–Crippen MR) is 35.3 cm³/mol. The molecule has 0 aliphatic carbocycles. The molecule has 0 amide bonds. The molecule has 0 unspecified atom stereocenters. The zero-order chi connectivity index (χ0) is 6.69. The van der Waals surface area contributed by atoms with Gasteiger partial charge in [0.15, 0.2) is 5.82 Å². The zero-order valence-electron chi connectivity index (χ0n) is 5.21. The van der Waals surface area contributed by atoms with Crippen LogP contribution in [0.2, 0.25) is 0 Å². The number of aryl methyl sites for hydroxylation is 1. The summed E-state index contributed by atoms with van der Waals surface area (Å²) in [5.41, 5.74) is 0. The number of alkyl halides is 1. The third kappa shape index (κ3) is 1.42. The summed E-state index contributed by atoms with van der Waals surface area (Å²) in [5.74, 6) is 1.09. The highest BCUT2D eigenvalue weighted by molar-refractivity contribution is 6.16. The van der Waals surface area contributed by atoms with Crippen LogP contribution in [0.5, 0.6) is 0 Å². The van der Waals surface area contributed by atoms with Gasteiger partial charge >= 0.3 is 0 Å². The van der Waals surface area contributed by atoms with Gasteiger partial charge in [-0.1, -0.05) is 0 Å². The summed E-state index contributed by atoms with van der Waals surface area (Å²) >= 11 is 5.46. The number of hydrogen-bond acceptors (Lipinski definition) is 2. The minimum Gasteiger partial charge on any atom is -0.253 e. The van der Waals surface area contributed by atoms with Gasteiger partial charge < -0.3 is 0 Å². The quantitative estimate of drug-likeness (QED) is 0.583. The molecule has 4 heteroatoms. The first-order valence-electron chi connectivity index (χ1n) is 2.81. The Hall–Kier alpha value is -0.570. The molecule has 3 nitrogen and oxygen atoms in total. The van der Waals surface area contributed by atoms with Gasteiger partial charge in [0, 0.05) is 6.54 Å². The van der Waals surface area contributed by atoms with Gasteiger partial charge in [-0.3, -0.25) is 4.68 Å². The van der Waals surface area contributed by atoms with E-state index in [2.05, 4.69) is 10.1 Å². The predicted octanol–water partition coefficient (Wildman–Crippen LogP) is 1.04. The Morgan fingerprint density at radius 2 is 2.56 bits per heavy atom. The first-order chi connectivity index (χ1) is 4.36. The molecule has 1 heterocycles. The van der Waals surface area contributed by atoms with Crippen LogP contribution in [0, 0.1) is 0 Å². The third-order valence-electron chi connectivity index (χ3n) is 1.03. The second-order valence-corrected chi connectivity index (χ2v) is 1.92. The van der Waals surface area contributed by atoms with E-state index < -0.39 is 0 Å². The molecule has 0 saturated carbocycles.